The molecule has 1 aliphatic carbocycles. The maximum Gasteiger partial charge on any atom is 0.0470 e. The molecule has 3 rings (SSSR count). The van der Waals surface area contributed by atoms with Crippen molar-refractivity contribution in [2.75, 3.05) is 13.1 Å². The molecule has 1 saturated heterocycles. The van der Waals surface area contributed by atoms with E-state index in [0.29, 0.717) is 11.3 Å². The van der Waals surface area contributed by atoms with Crippen molar-refractivity contribution in [3.05, 3.63) is 33.8 Å². The molecule has 0 saturated carbocycles. The van der Waals surface area contributed by atoms with Gasteiger partial charge in [0.1, 0.15) is 0 Å². The highest BCUT2D eigenvalue weighted by atomic mass is 35.5. The van der Waals surface area contributed by atoms with Gasteiger partial charge in [0.05, 0.1) is 0 Å². The van der Waals surface area contributed by atoms with E-state index in [1.165, 1.54) is 23.1 Å². The third-order valence-corrected chi connectivity index (χ3v) is 5.04. The Kier molecular flexibility index (Phi) is 2.31. The summed E-state index contributed by atoms with van der Waals surface area (Å²) in [5.74, 6) is 0.661. The molecule has 1 aromatic carbocycles. The predicted octanol–water partition coefficient (Wildman–Crippen LogP) is 3.29. The highest BCUT2D eigenvalue weighted by Crippen LogP contribution is 2.49. The zero-order chi connectivity index (χ0) is 11.3. The van der Waals surface area contributed by atoms with Crippen LogP contribution in [0.5, 0.6) is 0 Å². The van der Waals surface area contributed by atoms with Crippen LogP contribution < -0.4 is 5.32 Å². The molecule has 1 N–H and O–H groups in total. The first kappa shape index (κ1) is 10.6. The lowest BCUT2D eigenvalue weighted by Crippen LogP contribution is -2.30. The fourth-order valence-corrected chi connectivity index (χ4v) is 3.63. The van der Waals surface area contributed by atoms with Crippen LogP contribution in [0.1, 0.15) is 36.0 Å². The van der Waals surface area contributed by atoms with Crippen molar-refractivity contribution in [3.63, 3.8) is 0 Å². The molecule has 1 aromatic rings. The molecular weight excluding hydrogens is 218 g/mol. The first-order valence-corrected chi connectivity index (χ1v) is 6.48. The minimum atomic E-state index is 0.450. The number of aryl methyl sites for hydroxylation is 1. The number of fused-ring (bicyclic) bond motifs is 3. The summed E-state index contributed by atoms with van der Waals surface area (Å²) >= 11 is 6.43. The summed E-state index contributed by atoms with van der Waals surface area (Å²) in [6, 6.07) is 4.47. The van der Waals surface area contributed by atoms with Crippen molar-refractivity contribution in [1.29, 1.82) is 0 Å². The van der Waals surface area contributed by atoms with Gasteiger partial charge in [-0.15, -0.1) is 0 Å². The molecule has 1 heterocycles. The highest BCUT2D eigenvalue weighted by molar-refractivity contribution is 6.32. The van der Waals surface area contributed by atoms with E-state index in [4.69, 9.17) is 11.6 Å². The molecule has 2 heteroatoms. The number of rotatable bonds is 0. The molecule has 1 fully saturated rings. The Morgan fingerprint density at radius 3 is 3.06 bits per heavy atom. The van der Waals surface area contributed by atoms with Crippen molar-refractivity contribution in [2.45, 2.75) is 32.6 Å². The van der Waals surface area contributed by atoms with Crippen molar-refractivity contribution in [3.8, 4) is 0 Å². The van der Waals surface area contributed by atoms with Gasteiger partial charge in [-0.25, -0.2) is 0 Å². The van der Waals surface area contributed by atoms with Crippen molar-refractivity contribution in [1.82, 2.24) is 5.32 Å². The SMILES string of the molecule is Cc1ccc2c(c1Cl)CC[C@@]1(C)CNC[C@H]21. The lowest BCUT2D eigenvalue weighted by atomic mass is 9.67. The molecule has 16 heavy (non-hydrogen) atoms. The maximum atomic E-state index is 6.43. The Hall–Kier alpha value is -0.530. The number of hydrogen-bond acceptors (Lipinski definition) is 1. The van der Waals surface area contributed by atoms with Gasteiger partial charge in [-0.2, -0.15) is 0 Å². The second-order valence-corrected chi connectivity index (χ2v) is 5.98. The standard InChI is InChI=1S/C14H18ClN/c1-9-3-4-10-11(13(9)15)5-6-14(2)8-16-7-12(10)14/h3-4,12,16H,5-8H2,1-2H3/t12-,14+/m1/s1. The molecular formula is C14H18ClN. The minimum Gasteiger partial charge on any atom is -0.316 e. The Balaban J connectivity index is 2.14. The summed E-state index contributed by atoms with van der Waals surface area (Å²) in [5, 5.41) is 4.54. The van der Waals surface area contributed by atoms with E-state index < -0.39 is 0 Å². The van der Waals surface area contributed by atoms with Crippen LogP contribution in [0.25, 0.3) is 0 Å². The molecule has 2 aliphatic rings. The fourth-order valence-electron chi connectivity index (χ4n) is 3.36. The average Bonchev–Trinajstić information content (AvgIpc) is 2.65. The van der Waals surface area contributed by atoms with Crippen LogP contribution in [-0.2, 0) is 6.42 Å². The Labute approximate surface area is 102 Å². The first-order chi connectivity index (χ1) is 7.62. The first-order valence-electron chi connectivity index (χ1n) is 6.10. The number of halogens is 1. The summed E-state index contributed by atoms with van der Waals surface area (Å²) in [4.78, 5) is 0. The molecule has 0 radical (unpaired) electrons. The van der Waals surface area contributed by atoms with E-state index in [-0.39, 0.29) is 0 Å². The van der Waals surface area contributed by atoms with E-state index in [0.717, 1.165) is 24.5 Å². The van der Waals surface area contributed by atoms with Gasteiger partial charge in [0, 0.05) is 24.0 Å². The van der Waals surface area contributed by atoms with Crippen LogP contribution in [0.2, 0.25) is 5.02 Å². The Morgan fingerprint density at radius 2 is 2.25 bits per heavy atom. The number of hydrogen-bond donors (Lipinski definition) is 1. The van der Waals surface area contributed by atoms with Gasteiger partial charge in [-0.3, -0.25) is 0 Å². The normalized spacial score (nSPS) is 32.3. The van der Waals surface area contributed by atoms with E-state index in [2.05, 4.69) is 31.3 Å². The monoisotopic (exact) mass is 235 g/mol. The molecule has 2 atom stereocenters. The van der Waals surface area contributed by atoms with Gasteiger partial charge in [0.2, 0.25) is 0 Å². The fraction of sp³-hybridized carbons (Fsp3) is 0.571. The van der Waals surface area contributed by atoms with Gasteiger partial charge in [0.15, 0.2) is 0 Å². The van der Waals surface area contributed by atoms with Crippen LogP contribution >= 0.6 is 11.6 Å². The Morgan fingerprint density at radius 1 is 1.44 bits per heavy atom. The van der Waals surface area contributed by atoms with E-state index in [1.807, 2.05) is 0 Å². The summed E-state index contributed by atoms with van der Waals surface area (Å²) < 4.78 is 0. The van der Waals surface area contributed by atoms with Crippen LogP contribution in [0.3, 0.4) is 0 Å². The zero-order valence-electron chi connectivity index (χ0n) is 9.94. The minimum absolute atomic E-state index is 0.450. The van der Waals surface area contributed by atoms with Crippen molar-refractivity contribution >= 4 is 11.6 Å². The van der Waals surface area contributed by atoms with Gasteiger partial charge >= 0.3 is 0 Å². The zero-order valence-corrected chi connectivity index (χ0v) is 10.7. The smallest absolute Gasteiger partial charge is 0.0470 e. The van der Waals surface area contributed by atoms with Crippen LogP contribution in [0.15, 0.2) is 12.1 Å². The summed E-state index contributed by atoms with van der Waals surface area (Å²) in [6.07, 6.45) is 2.41. The largest absolute Gasteiger partial charge is 0.316 e. The van der Waals surface area contributed by atoms with Gasteiger partial charge in [0.25, 0.3) is 0 Å². The maximum absolute atomic E-state index is 6.43. The third kappa shape index (κ3) is 1.34. The summed E-state index contributed by atoms with van der Waals surface area (Å²) in [6.45, 7) is 6.78. The van der Waals surface area contributed by atoms with Crippen LogP contribution in [0.4, 0.5) is 0 Å². The predicted molar refractivity (Wildman–Crippen MR) is 68.2 cm³/mol. The lowest BCUT2D eigenvalue weighted by molar-refractivity contribution is 0.277. The molecule has 1 aliphatic heterocycles. The van der Waals surface area contributed by atoms with Crippen LogP contribution in [-0.4, -0.2) is 13.1 Å². The third-order valence-electron chi connectivity index (χ3n) is 4.51. The number of nitrogens with one attached hydrogen (secondary N) is 1. The van der Waals surface area contributed by atoms with E-state index in [9.17, 15) is 0 Å². The molecule has 0 bridgehead atoms. The van der Waals surface area contributed by atoms with E-state index in [1.54, 1.807) is 0 Å². The van der Waals surface area contributed by atoms with Crippen molar-refractivity contribution in [2.24, 2.45) is 5.41 Å². The highest BCUT2D eigenvalue weighted by Gasteiger charge is 2.43. The summed E-state index contributed by atoms with van der Waals surface area (Å²) in [7, 11) is 0. The second-order valence-electron chi connectivity index (χ2n) is 5.60. The molecule has 0 unspecified atom stereocenters. The van der Waals surface area contributed by atoms with Crippen LogP contribution in [0, 0.1) is 12.3 Å². The number of benzene rings is 1. The molecule has 0 spiro atoms. The second kappa shape index (κ2) is 3.48. The molecule has 86 valence electrons. The molecule has 0 aromatic heterocycles. The quantitative estimate of drug-likeness (QED) is 0.728. The molecule has 0 amide bonds. The Bertz CT molecular complexity index is 441. The van der Waals surface area contributed by atoms with Gasteiger partial charge in [-0.05, 0) is 41.9 Å². The topological polar surface area (TPSA) is 12.0 Å². The molecule has 1 nitrogen and oxygen atoms in total. The summed E-state index contributed by atoms with van der Waals surface area (Å²) in [5.41, 5.74) is 4.57. The van der Waals surface area contributed by atoms with Gasteiger partial charge in [-0.1, -0.05) is 30.7 Å². The lowest BCUT2D eigenvalue weighted by Gasteiger charge is -2.37. The average molecular weight is 236 g/mol. The van der Waals surface area contributed by atoms with Crippen molar-refractivity contribution < 1.29 is 0 Å². The van der Waals surface area contributed by atoms with E-state index >= 15 is 0 Å². The van der Waals surface area contributed by atoms with Gasteiger partial charge < -0.3 is 5.32 Å².